The van der Waals surface area contributed by atoms with Gasteiger partial charge in [0.2, 0.25) is 11.1 Å². The van der Waals surface area contributed by atoms with Crippen molar-refractivity contribution in [3.05, 3.63) is 41.2 Å². The third kappa shape index (κ3) is 4.79. The van der Waals surface area contributed by atoms with Crippen molar-refractivity contribution in [1.29, 1.82) is 0 Å². The summed E-state index contributed by atoms with van der Waals surface area (Å²) in [6.07, 6.45) is 2.69. The van der Waals surface area contributed by atoms with E-state index in [-0.39, 0.29) is 12.3 Å². The Bertz CT molecular complexity index is 992. The van der Waals surface area contributed by atoms with E-state index in [4.69, 9.17) is 0 Å². The Balaban J connectivity index is 1.65. The highest BCUT2D eigenvalue weighted by Gasteiger charge is 2.14. The van der Waals surface area contributed by atoms with Crippen LogP contribution in [-0.2, 0) is 11.2 Å². The van der Waals surface area contributed by atoms with Gasteiger partial charge in [-0.05, 0) is 56.4 Å². The fraction of sp³-hybridized carbons (Fsp3) is 0.333. The molecule has 2 heterocycles. The minimum absolute atomic E-state index is 0.156. The average Bonchev–Trinajstić information content (AvgIpc) is 3.06. The number of halogens is 2. The van der Waals surface area contributed by atoms with Gasteiger partial charge in [0.1, 0.15) is 0 Å². The Hall–Kier alpha value is -2.20. The quantitative estimate of drug-likeness (QED) is 0.570. The van der Waals surface area contributed by atoms with Gasteiger partial charge in [-0.1, -0.05) is 23.5 Å². The van der Waals surface area contributed by atoms with Gasteiger partial charge in [0.25, 0.3) is 11.5 Å². The molecule has 28 heavy (non-hydrogen) atoms. The van der Waals surface area contributed by atoms with Crippen LogP contribution in [0.2, 0.25) is 0 Å². The fourth-order valence-corrected chi connectivity index (χ4v) is 3.66. The Morgan fingerprint density at radius 2 is 1.93 bits per heavy atom. The molecule has 2 aromatic heterocycles. The first-order valence-electron chi connectivity index (χ1n) is 8.49. The van der Waals surface area contributed by atoms with Crippen molar-refractivity contribution in [2.75, 3.05) is 11.6 Å². The van der Waals surface area contributed by atoms with Gasteiger partial charge in [-0.25, -0.2) is 9.50 Å². The van der Waals surface area contributed by atoms with E-state index in [1.807, 2.05) is 20.1 Å². The maximum atomic E-state index is 12.4. The molecule has 0 aliphatic carbocycles. The fourth-order valence-electron chi connectivity index (χ4n) is 2.82. The molecular weight excluding hydrogens is 404 g/mol. The summed E-state index contributed by atoms with van der Waals surface area (Å²) in [6.45, 7) is 3.83. The molecule has 0 radical (unpaired) electrons. The van der Waals surface area contributed by atoms with Gasteiger partial charge in [0, 0.05) is 28.4 Å². The van der Waals surface area contributed by atoms with Crippen LogP contribution in [-0.4, -0.2) is 37.5 Å². The van der Waals surface area contributed by atoms with Crippen LogP contribution >= 0.6 is 23.5 Å². The molecule has 3 rings (SSSR count). The number of amides is 1. The zero-order valence-corrected chi connectivity index (χ0v) is 17.2. The molecule has 0 unspecified atom stereocenters. The monoisotopic (exact) mass is 423 g/mol. The number of anilines is 1. The van der Waals surface area contributed by atoms with E-state index in [9.17, 15) is 13.6 Å². The highest BCUT2D eigenvalue weighted by atomic mass is 32.2. The second kappa shape index (κ2) is 8.87. The number of carbonyl (C=O) groups excluding carboxylic acids is 1. The molecule has 3 aromatic rings. The minimum Gasteiger partial charge on any atom is -0.326 e. The summed E-state index contributed by atoms with van der Waals surface area (Å²) in [5, 5.41) is 7.85. The lowest BCUT2D eigenvalue weighted by molar-refractivity contribution is -0.116. The number of rotatable bonds is 7. The second-order valence-electron chi connectivity index (χ2n) is 6.02. The first-order chi connectivity index (χ1) is 13.4. The van der Waals surface area contributed by atoms with E-state index < -0.39 is 5.76 Å². The van der Waals surface area contributed by atoms with Gasteiger partial charge in [-0.15, -0.1) is 5.10 Å². The molecule has 0 atom stereocenters. The lowest BCUT2D eigenvalue weighted by Gasteiger charge is -2.11. The first-order valence-corrected chi connectivity index (χ1v) is 10.6. The van der Waals surface area contributed by atoms with Gasteiger partial charge in [-0.3, -0.25) is 4.79 Å². The molecule has 0 fully saturated rings. The maximum absolute atomic E-state index is 12.4. The van der Waals surface area contributed by atoms with Crippen LogP contribution < -0.4 is 5.32 Å². The van der Waals surface area contributed by atoms with Crippen molar-refractivity contribution < 1.29 is 13.6 Å². The maximum Gasteiger partial charge on any atom is 0.288 e. The second-order valence-corrected chi connectivity index (χ2v) is 7.86. The van der Waals surface area contributed by atoms with Gasteiger partial charge in [0.05, 0.1) is 0 Å². The van der Waals surface area contributed by atoms with E-state index in [1.54, 1.807) is 28.8 Å². The van der Waals surface area contributed by atoms with E-state index in [0.717, 1.165) is 17.0 Å². The minimum atomic E-state index is -2.46. The van der Waals surface area contributed by atoms with Gasteiger partial charge in [0.15, 0.2) is 0 Å². The van der Waals surface area contributed by atoms with Crippen LogP contribution in [0.15, 0.2) is 34.3 Å². The Morgan fingerprint density at radius 1 is 1.21 bits per heavy atom. The number of aromatic nitrogens is 4. The largest absolute Gasteiger partial charge is 0.326 e. The number of fused-ring (bicyclic) bond motifs is 1. The summed E-state index contributed by atoms with van der Waals surface area (Å²) in [5.41, 5.74) is 3.28. The summed E-state index contributed by atoms with van der Waals surface area (Å²) >= 11 is 1.92. The van der Waals surface area contributed by atoms with E-state index in [1.165, 1.54) is 11.8 Å². The van der Waals surface area contributed by atoms with Gasteiger partial charge < -0.3 is 5.32 Å². The molecule has 0 aliphatic rings. The van der Waals surface area contributed by atoms with Crippen molar-refractivity contribution in [2.24, 2.45) is 0 Å². The number of aryl methyl sites for hydroxylation is 2. The molecule has 0 saturated carbocycles. The molecular formula is C18H19F2N5OS2. The van der Waals surface area contributed by atoms with Crippen molar-refractivity contribution in [3.63, 3.8) is 0 Å². The number of nitrogens with zero attached hydrogens (tertiary/aromatic N) is 4. The molecule has 0 spiro atoms. The number of hydrogen-bond donors (Lipinski definition) is 1. The van der Waals surface area contributed by atoms with Crippen molar-refractivity contribution in [2.45, 2.75) is 42.5 Å². The Labute approximate surface area is 169 Å². The molecule has 1 aromatic carbocycles. The molecule has 0 saturated heterocycles. The number of nitrogens with one attached hydrogen (secondary N) is 1. The molecule has 1 N–H and O–H groups in total. The smallest absolute Gasteiger partial charge is 0.288 e. The molecule has 148 valence electrons. The van der Waals surface area contributed by atoms with Crippen LogP contribution in [0.25, 0.3) is 5.78 Å². The summed E-state index contributed by atoms with van der Waals surface area (Å²) in [5.74, 6) is -2.07. The van der Waals surface area contributed by atoms with Crippen molar-refractivity contribution in [1.82, 2.24) is 19.6 Å². The lowest BCUT2D eigenvalue weighted by Crippen LogP contribution is -2.14. The zero-order valence-electron chi connectivity index (χ0n) is 15.6. The van der Waals surface area contributed by atoms with Crippen LogP contribution in [0.5, 0.6) is 0 Å². The van der Waals surface area contributed by atoms with Crippen LogP contribution in [0.3, 0.4) is 0 Å². The molecule has 0 aliphatic heterocycles. The zero-order chi connectivity index (χ0) is 20.3. The van der Waals surface area contributed by atoms with Gasteiger partial charge >= 0.3 is 0 Å². The van der Waals surface area contributed by atoms with Gasteiger partial charge in [-0.2, -0.15) is 13.8 Å². The third-order valence-electron chi connectivity index (χ3n) is 4.18. The predicted molar refractivity (Wildman–Crippen MR) is 107 cm³/mol. The lowest BCUT2D eigenvalue weighted by atomic mass is 10.1. The first kappa shape index (κ1) is 20.5. The van der Waals surface area contributed by atoms with E-state index >= 15 is 0 Å². The number of benzene rings is 1. The normalized spacial score (nSPS) is 11.4. The highest BCUT2D eigenvalue weighted by Crippen LogP contribution is 2.26. The topological polar surface area (TPSA) is 72.2 Å². The number of thioether (sulfide) groups is 2. The average molecular weight is 424 g/mol. The van der Waals surface area contributed by atoms with E-state index in [2.05, 4.69) is 20.4 Å². The summed E-state index contributed by atoms with van der Waals surface area (Å²) in [7, 11) is 0. The molecule has 10 heteroatoms. The van der Waals surface area contributed by atoms with Crippen LogP contribution in [0.1, 0.15) is 23.4 Å². The molecule has 1 amide bonds. The van der Waals surface area contributed by atoms with Crippen molar-refractivity contribution in [3.8, 4) is 0 Å². The molecule has 6 nitrogen and oxygen atoms in total. The summed E-state index contributed by atoms with van der Waals surface area (Å²) < 4.78 is 26.4. The van der Waals surface area contributed by atoms with Crippen LogP contribution in [0, 0.1) is 13.8 Å². The predicted octanol–water partition coefficient (Wildman–Crippen LogP) is 4.35. The molecule has 0 bridgehead atoms. The van der Waals surface area contributed by atoms with E-state index in [0.29, 0.717) is 39.7 Å². The van der Waals surface area contributed by atoms with Crippen LogP contribution in [0.4, 0.5) is 14.5 Å². The summed E-state index contributed by atoms with van der Waals surface area (Å²) in [6, 6.07) is 6.36. The summed E-state index contributed by atoms with van der Waals surface area (Å²) in [4.78, 5) is 21.6. The SMILES string of the molecule is CSc1nc2nc(C)c(CCC(=O)Nc3ccc(SC(F)F)cc3)c(C)n2n1. The Morgan fingerprint density at radius 3 is 2.57 bits per heavy atom. The number of carbonyl (C=O) groups is 1. The highest BCUT2D eigenvalue weighted by molar-refractivity contribution is 7.99. The Kier molecular flexibility index (Phi) is 6.50. The van der Waals surface area contributed by atoms with Crippen molar-refractivity contribution >= 4 is 40.9 Å². The standard InChI is InChI=1S/C18H19F2N5OS2/c1-10-14(11(2)25-17(21-10)23-18(24-25)27-3)8-9-15(26)22-12-4-6-13(7-5-12)28-16(19)20/h4-7,16H,8-9H2,1-3H3,(H,22,26). The number of hydrogen-bond acceptors (Lipinski definition) is 6. The number of alkyl halides is 2. The third-order valence-corrected chi connectivity index (χ3v) is 5.44.